The van der Waals surface area contributed by atoms with Gasteiger partial charge in [-0.25, -0.2) is 0 Å². The molecule has 3 saturated carbocycles. The monoisotopic (exact) mass is 372 g/mol. The maximum absolute atomic E-state index is 11.9. The SMILES string of the molecule is CC(CCCO)C1CCC2C3C(O)CC4=CC(=O)C=CC4(C)C3CCC12C. The molecule has 0 radical (unpaired) electrons. The quantitative estimate of drug-likeness (QED) is 0.774. The van der Waals surface area contributed by atoms with E-state index in [2.05, 4.69) is 26.8 Å². The first-order valence-electron chi connectivity index (χ1n) is 11.0. The summed E-state index contributed by atoms with van der Waals surface area (Å²) in [5.41, 5.74) is 1.40. The molecule has 3 fully saturated rings. The van der Waals surface area contributed by atoms with Gasteiger partial charge in [-0.05, 0) is 92.1 Å². The molecule has 0 aromatic carbocycles. The molecule has 4 rings (SSSR count). The third-order valence-electron chi connectivity index (χ3n) is 9.16. The molecule has 0 aliphatic heterocycles. The zero-order chi connectivity index (χ0) is 19.4. The van der Waals surface area contributed by atoms with Crippen LogP contribution in [0.15, 0.2) is 23.8 Å². The van der Waals surface area contributed by atoms with Crippen LogP contribution >= 0.6 is 0 Å². The summed E-state index contributed by atoms with van der Waals surface area (Å²) >= 11 is 0. The van der Waals surface area contributed by atoms with Crippen LogP contribution in [-0.2, 0) is 4.79 Å². The van der Waals surface area contributed by atoms with Gasteiger partial charge >= 0.3 is 0 Å². The molecular weight excluding hydrogens is 336 g/mol. The summed E-state index contributed by atoms with van der Waals surface area (Å²) < 4.78 is 0. The molecule has 4 aliphatic carbocycles. The number of fused-ring (bicyclic) bond motifs is 5. The number of rotatable bonds is 4. The minimum atomic E-state index is -0.315. The van der Waals surface area contributed by atoms with Crippen molar-refractivity contribution in [3.8, 4) is 0 Å². The molecule has 3 nitrogen and oxygen atoms in total. The number of hydrogen-bond acceptors (Lipinski definition) is 3. The van der Waals surface area contributed by atoms with E-state index >= 15 is 0 Å². The van der Waals surface area contributed by atoms with Gasteiger partial charge in [-0.15, -0.1) is 0 Å². The third-order valence-corrected chi connectivity index (χ3v) is 9.16. The molecule has 8 atom stereocenters. The summed E-state index contributed by atoms with van der Waals surface area (Å²) in [6, 6.07) is 0. The van der Waals surface area contributed by atoms with Crippen molar-refractivity contribution in [1.82, 2.24) is 0 Å². The summed E-state index contributed by atoms with van der Waals surface area (Å²) in [6.45, 7) is 7.44. The number of allylic oxidation sites excluding steroid dienone is 3. The number of carbonyl (C=O) groups is 1. The number of aliphatic hydroxyl groups is 2. The highest BCUT2D eigenvalue weighted by Crippen LogP contribution is 2.67. The molecule has 0 bridgehead atoms. The molecule has 8 unspecified atom stereocenters. The largest absolute Gasteiger partial charge is 0.396 e. The average molecular weight is 373 g/mol. The molecule has 0 heterocycles. The molecule has 27 heavy (non-hydrogen) atoms. The predicted molar refractivity (Wildman–Crippen MR) is 107 cm³/mol. The van der Waals surface area contributed by atoms with E-state index in [1.165, 1.54) is 19.3 Å². The van der Waals surface area contributed by atoms with Crippen molar-refractivity contribution in [3.05, 3.63) is 23.8 Å². The van der Waals surface area contributed by atoms with E-state index in [0.717, 1.165) is 24.8 Å². The Labute approximate surface area is 163 Å². The second-order valence-corrected chi connectivity index (χ2v) is 10.3. The maximum Gasteiger partial charge on any atom is 0.178 e. The summed E-state index contributed by atoms with van der Waals surface area (Å²) in [6.07, 6.45) is 12.9. The summed E-state index contributed by atoms with van der Waals surface area (Å²) in [7, 11) is 0. The molecule has 0 aromatic heterocycles. The van der Waals surface area contributed by atoms with Crippen molar-refractivity contribution >= 4 is 5.78 Å². The first kappa shape index (κ1) is 19.4. The molecule has 150 valence electrons. The fourth-order valence-electron chi connectivity index (χ4n) is 7.76. The first-order valence-corrected chi connectivity index (χ1v) is 11.0. The lowest BCUT2D eigenvalue weighted by molar-refractivity contribution is -0.112. The Bertz CT molecular complexity index is 665. The van der Waals surface area contributed by atoms with Crippen LogP contribution in [0.3, 0.4) is 0 Å². The summed E-state index contributed by atoms with van der Waals surface area (Å²) in [5.74, 6) is 2.79. The Balaban J connectivity index is 1.62. The first-order chi connectivity index (χ1) is 12.8. The maximum atomic E-state index is 11.9. The summed E-state index contributed by atoms with van der Waals surface area (Å²) in [5, 5.41) is 20.4. The third kappa shape index (κ3) is 2.88. The topological polar surface area (TPSA) is 57.5 Å². The minimum absolute atomic E-state index is 0.0558. The van der Waals surface area contributed by atoms with Crippen molar-refractivity contribution in [2.75, 3.05) is 6.61 Å². The van der Waals surface area contributed by atoms with Gasteiger partial charge in [-0.2, -0.15) is 0 Å². The predicted octanol–water partition coefficient (Wildman–Crippen LogP) is 4.29. The van der Waals surface area contributed by atoms with Crippen LogP contribution in [-0.4, -0.2) is 28.7 Å². The molecular formula is C24H36O3. The van der Waals surface area contributed by atoms with Gasteiger partial charge in [0.15, 0.2) is 5.78 Å². The zero-order valence-electron chi connectivity index (χ0n) is 17.2. The number of ketones is 1. The van der Waals surface area contributed by atoms with Gasteiger partial charge in [-0.1, -0.05) is 32.4 Å². The van der Waals surface area contributed by atoms with Crippen LogP contribution in [0.1, 0.15) is 65.7 Å². The highest BCUT2D eigenvalue weighted by molar-refractivity contribution is 6.01. The lowest BCUT2D eigenvalue weighted by Gasteiger charge is -2.59. The minimum Gasteiger partial charge on any atom is -0.396 e. The van der Waals surface area contributed by atoms with E-state index in [1.54, 1.807) is 12.2 Å². The van der Waals surface area contributed by atoms with Crippen LogP contribution in [0, 0.1) is 40.4 Å². The number of hydrogen-bond donors (Lipinski definition) is 2. The van der Waals surface area contributed by atoms with Crippen molar-refractivity contribution in [2.24, 2.45) is 40.4 Å². The molecule has 0 saturated heterocycles. The van der Waals surface area contributed by atoms with E-state index in [0.29, 0.717) is 48.0 Å². The fourth-order valence-corrected chi connectivity index (χ4v) is 7.76. The van der Waals surface area contributed by atoms with Gasteiger partial charge < -0.3 is 10.2 Å². The Kier molecular flexibility index (Phi) is 4.91. The lowest BCUT2D eigenvalue weighted by Crippen LogP contribution is -2.55. The van der Waals surface area contributed by atoms with Crippen molar-refractivity contribution in [2.45, 2.75) is 71.8 Å². The van der Waals surface area contributed by atoms with Crippen LogP contribution < -0.4 is 0 Å². The van der Waals surface area contributed by atoms with Gasteiger partial charge in [0.05, 0.1) is 6.10 Å². The van der Waals surface area contributed by atoms with Crippen molar-refractivity contribution < 1.29 is 15.0 Å². The summed E-state index contributed by atoms with van der Waals surface area (Å²) in [4.78, 5) is 11.9. The lowest BCUT2D eigenvalue weighted by atomic mass is 9.46. The Morgan fingerprint density at radius 3 is 2.74 bits per heavy atom. The van der Waals surface area contributed by atoms with E-state index < -0.39 is 0 Å². The molecule has 4 aliphatic rings. The average Bonchev–Trinajstić information content (AvgIpc) is 2.98. The van der Waals surface area contributed by atoms with Crippen LogP contribution in [0.5, 0.6) is 0 Å². The Morgan fingerprint density at radius 1 is 1.22 bits per heavy atom. The standard InChI is InChI=1S/C24H36O3/c1-15(5-4-12-25)18-6-7-19-22-20(9-11-24(18,19)3)23(2)10-8-17(26)13-16(23)14-21(22)27/h8,10,13,15,18-22,25,27H,4-7,9,11-12,14H2,1-3H3. The highest BCUT2D eigenvalue weighted by atomic mass is 16.3. The smallest absolute Gasteiger partial charge is 0.178 e. The molecule has 0 amide bonds. The zero-order valence-corrected chi connectivity index (χ0v) is 17.2. The van der Waals surface area contributed by atoms with Gasteiger partial charge in [0.1, 0.15) is 0 Å². The molecule has 2 N–H and O–H groups in total. The Hall–Kier alpha value is -0.930. The van der Waals surface area contributed by atoms with E-state index in [-0.39, 0.29) is 17.3 Å². The van der Waals surface area contributed by atoms with E-state index in [1.807, 2.05) is 0 Å². The van der Waals surface area contributed by atoms with Crippen LogP contribution in [0.4, 0.5) is 0 Å². The molecule has 3 heteroatoms. The van der Waals surface area contributed by atoms with E-state index in [4.69, 9.17) is 0 Å². The second-order valence-electron chi connectivity index (χ2n) is 10.3. The van der Waals surface area contributed by atoms with Crippen LogP contribution in [0.2, 0.25) is 0 Å². The van der Waals surface area contributed by atoms with Crippen molar-refractivity contribution in [3.63, 3.8) is 0 Å². The fraction of sp³-hybridized carbons (Fsp3) is 0.792. The van der Waals surface area contributed by atoms with E-state index in [9.17, 15) is 15.0 Å². The second kappa shape index (κ2) is 6.84. The van der Waals surface area contributed by atoms with Gasteiger partial charge in [0.2, 0.25) is 0 Å². The molecule has 0 spiro atoms. The molecule has 0 aromatic rings. The van der Waals surface area contributed by atoms with Crippen LogP contribution in [0.25, 0.3) is 0 Å². The normalized spacial score (nSPS) is 47.1. The Morgan fingerprint density at radius 2 is 2.00 bits per heavy atom. The van der Waals surface area contributed by atoms with Gasteiger partial charge in [0, 0.05) is 12.0 Å². The van der Waals surface area contributed by atoms with Gasteiger partial charge in [0.25, 0.3) is 0 Å². The van der Waals surface area contributed by atoms with Crippen molar-refractivity contribution in [1.29, 1.82) is 0 Å². The number of carbonyl (C=O) groups excluding carboxylic acids is 1. The van der Waals surface area contributed by atoms with Gasteiger partial charge in [-0.3, -0.25) is 4.79 Å². The highest BCUT2D eigenvalue weighted by Gasteiger charge is 2.61. The number of aliphatic hydroxyl groups excluding tert-OH is 2.